The van der Waals surface area contributed by atoms with Crippen molar-refractivity contribution in [1.82, 2.24) is 4.90 Å². The van der Waals surface area contributed by atoms with E-state index in [2.05, 4.69) is 11.8 Å². The third-order valence-electron chi connectivity index (χ3n) is 3.18. The maximum atomic E-state index is 13.4. The molecule has 0 spiro atoms. The number of aliphatic hydroxyl groups is 1. The molecule has 3 nitrogen and oxygen atoms in total. The Labute approximate surface area is 128 Å². The maximum Gasteiger partial charge on any atom is 0.255 e. The van der Waals surface area contributed by atoms with Crippen molar-refractivity contribution < 1.29 is 14.3 Å². The molecule has 1 aliphatic rings. The van der Waals surface area contributed by atoms with Gasteiger partial charge in [-0.15, -0.1) is 0 Å². The topological polar surface area (TPSA) is 40.5 Å². The van der Waals surface area contributed by atoms with Crippen molar-refractivity contribution in [2.75, 3.05) is 31.2 Å². The molecule has 1 amide bonds. The number of hydrogen-bond donors (Lipinski definition) is 1. The third kappa shape index (κ3) is 4.48. The highest BCUT2D eigenvalue weighted by atomic mass is 32.2. The highest BCUT2D eigenvalue weighted by Crippen LogP contribution is 2.17. The zero-order valence-corrected chi connectivity index (χ0v) is 12.6. The summed E-state index contributed by atoms with van der Waals surface area (Å²) in [5.41, 5.74) is 0.832. The van der Waals surface area contributed by atoms with Crippen LogP contribution in [0.4, 0.5) is 4.39 Å². The first-order chi connectivity index (χ1) is 10.2. The van der Waals surface area contributed by atoms with Gasteiger partial charge in [0.2, 0.25) is 0 Å². The molecule has 0 atom stereocenters. The monoisotopic (exact) mass is 307 g/mol. The van der Waals surface area contributed by atoms with E-state index in [0.717, 1.165) is 24.5 Å². The quantitative estimate of drug-likeness (QED) is 0.851. The Kier molecular flexibility index (Phi) is 6.09. The highest BCUT2D eigenvalue weighted by molar-refractivity contribution is 7.99. The molecule has 0 aromatic heterocycles. The lowest BCUT2D eigenvalue weighted by Crippen LogP contribution is -2.33. The molecule has 0 radical (unpaired) electrons. The van der Waals surface area contributed by atoms with Gasteiger partial charge in [0.1, 0.15) is 5.82 Å². The molecule has 2 rings (SSSR count). The maximum absolute atomic E-state index is 13.4. The molecule has 21 heavy (non-hydrogen) atoms. The second-order valence-corrected chi connectivity index (χ2v) is 5.95. The molecule has 112 valence electrons. The minimum absolute atomic E-state index is 0.0467. The molecule has 0 saturated carbocycles. The van der Waals surface area contributed by atoms with Crippen molar-refractivity contribution >= 4 is 17.7 Å². The Morgan fingerprint density at radius 1 is 1.38 bits per heavy atom. The van der Waals surface area contributed by atoms with E-state index >= 15 is 0 Å². The zero-order valence-electron chi connectivity index (χ0n) is 11.8. The van der Waals surface area contributed by atoms with E-state index in [1.165, 1.54) is 18.2 Å². The van der Waals surface area contributed by atoms with Gasteiger partial charge in [-0.2, -0.15) is 11.8 Å². The molecule has 1 aliphatic heterocycles. The van der Waals surface area contributed by atoms with Gasteiger partial charge in [-0.1, -0.05) is 11.8 Å². The first kappa shape index (κ1) is 15.9. The van der Waals surface area contributed by atoms with E-state index in [-0.39, 0.29) is 12.5 Å². The Bertz CT molecular complexity index is 557. The van der Waals surface area contributed by atoms with Gasteiger partial charge in [0.25, 0.3) is 5.91 Å². The van der Waals surface area contributed by atoms with Crippen molar-refractivity contribution in [3.63, 3.8) is 0 Å². The van der Waals surface area contributed by atoms with Crippen LogP contribution in [-0.2, 0) is 0 Å². The summed E-state index contributed by atoms with van der Waals surface area (Å²) in [5, 5.41) is 8.76. The van der Waals surface area contributed by atoms with Gasteiger partial charge in [-0.3, -0.25) is 4.79 Å². The molecule has 1 heterocycles. The van der Waals surface area contributed by atoms with E-state index in [9.17, 15) is 9.18 Å². The smallest absolute Gasteiger partial charge is 0.255 e. The molecule has 0 unspecified atom stereocenters. The summed E-state index contributed by atoms with van der Waals surface area (Å²) in [6, 6.07) is 4.07. The fraction of sp³-hybridized carbons (Fsp3) is 0.438. The Balaban J connectivity index is 2.25. The number of carbonyl (C=O) groups excluding carboxylic acids is 1. The average Bonchev–Trinajstić information content (AvgIpc) is 2.76. The summed E-state index contributed by atoms with van der Waals surface area (Å²) in [5.74, 6) is 7.03. The van der Waals surface area contributed by atoms with Crippen LogP contribution in [0.25, 0.3) is 0 Å². The minimum Gasteiger partial charge on any atom is -0.395 e. The number of halogens is 1. The molecular formula is C16H18FNO2S. The molecule has 1 saturated heterocycles. The van der Waals surface area contributed by atoms with Gasteiger partial charge < -0.3 is 10.0 Å². The lowest BCUT2D eigenvalue weighted by Gasteiger charge is -2.20. The highest BCUT2D eigenvalue weighted by Gasteiger charge is 2.19. The standard InChI is InChI=1S/C16H18FNO2S/c17-14-5-6-15(13(12-14)4-1-2-9-19)16(20)18-7-3-10-21-11-8-18/h5-6,12,19H,2-3,7-11H2. The Morgan fingerprint density at radius 2 is 2.24 bits per heavy atom. The summed E-state index contributed by atoms with van der Waals surface area (Å²) in [7, 11) is 0. The molecule has 0 aliphatic carbocycles. The van der Waals surface area contributed by atoms with Gasteiger partial charge in [-0.05, 0) is 30.4 Å². The molecule has 5 heteroatoms. The van der Waals surface area contributed by atoms with Crippen LogP contribution in [0.15, 0.2) is 18.2 Å². The van der Waals surface area contributed by atoms with Gasteiger partial charge in [0, 0.05) is 30.8 Å². The number of amides is 1. The van der Waals surface area contributed by atoms with Crippen molar-refractivity contribution in [2.24, 2.45) is 0 Å². The Morgan fingerprint density at radius 3 is 3.05 bits per heavy atom. The summed E-state index contributed by atoms with van der Waals surface area (Å²) >= 11 is 1.85. The predicted octanol–water partition coefficient (Wildman–Crippen LogP) is 2.14. The second-order valence-electron chi connectivity index (χ2n) is 4.72. The van der Waals surface area contributed by atoms with E-state index in [1.807, 2.05) is 16.7 Å². The van der Waals surface area contributed by atoms with Gasteiger partial charge in [0.05, 0.1) is 12.2 Å². The Hall–Kier alpha value is -1.51. The molecule has 1 aromatic rings. The summed E-state index contributed by atoms with van der Waals surface area (Å²) in [6.07, 6.45) is 1.29. The molecule has 1 N–H and O–H groups in total. The SMILES string of the molecule is O=C(c1ccc(F)cc1C#CCCO)N1CCCSCC1. The molecule has 1 fully saturated rings. The average molecular weight is 307 g/mol. The number of nitrogens with zero attached hydrogens (tertiary/aromatic N) is 1. The van der Waals surface area contributed by atoms with Crippen LogP contribution in [0, 0.1) is 17.7 Å². The predicted molar refractivity (Wildman–Crippen MR) is 82.8 cm³/mol. The largest absolute Gasteiger partial charge is 0.395 e. The van der Waals surface area contributed by atoms with Crippen LogP contribution in [0.1, 0.15) is 28.8 Å². The summed E-state index contributed by atoms with van der Waals surface area (Å²) in [4.78, 5) is 14.4. The van der Waals surface area contributed by atoms with Crippen LogP contribution >= 0.6 is 11.8 Å². The minimum atomic E-state index is -0.411. The van der Waals surface area contributed by atoms with Crippen LogP contribution in [-0.4, -0.2) is 47.1 Å². The van der Waals surface area contributed by atoms with Crippen molar-refractivity contribution in [2.45, 2.75) is 12.8 Å². The van der Waals surface area contributed by atoms with E-state index in [1.54, 1.807) is 0 Å². The number of rotatable bonds is 2. The lowest BCUT2D eigenvalue weighted by atomic mass is 10.1. The second kappa shape index (κ2) is 8.06. The van der Waals surface area contributed by atoms with E-state index < -0.39 is 5.82 Å². The fourth-order valence-electron chi connectivity index (χ4n) is 2.14. The van der Waals surface area contributed by atoms with Crippen LogP contribution in [0.3, 0.4) is 0 Å². The number of carbonyl (C=O) groups is 1. The summed E-state index contributed by atoms with van der Waals surface area (Å²) < 4.78 is 13.4. The summed E-state index contributed by atoms with van der Waals surface area (Å²) in [6.45, 7) is 1.39. The lowest BCUT2D eigenvalue weighted by molar-refractivity contribution is 0.0768. The first-order valence-corrected chi connectivity index (χ1v) is 8.14. The zero-order chi connectivity index (χ0) is 15.1. The van der Waals surface area contributed by atoms with Crippen LogP contribution in [0.2, 0.25) is 0 Å². The van der Waals surface area contributed by atoms with E-state index in [4.69, 9.17) is 5.11 Å². The van der Waals surface area contributed by atoms with E-state index in [0.29, 0.717) is 24.1 Å². The number of aliphatic hydroxyl groups excluding tert-OH is 1. The third-order valence-corrected chi connectivity index (χ3v) is 4.23. The molecule has 0 bridgehead atoms. The van der Waals surface area contributed by atoms with Gasteiger partial charge in [0.15, 0.2) is 0 Å². The normalized spacial score (nSPS) is 15.0. The van der Waals surface area contributed by atoms with Crippen molar-refractivity contribution in [1.29, 1.82) is 0 Å². The fourth-order valence-corrected chi connectivity index (χ4v) is 3.03. The first-order valence-electron chi connectivity index (χ1n) is 6.98. The van der Waals surface area contributed by atoms with Crippen molar-refractivity contribution in [3.05, 3.63) is 35.1 Å². The van der Waals surface area contributed by atoms with Gasteiger partial charge >= 0.3 is 0 Å². The number of thioether (sulfide) groups is 1. The number of hydrogen-bond acceptors (Lipinski definition) is 3. The molecular weight excluding hydrogens is 289 g/mol. The van der Waals surface area contributed by atoms with Gasteiger partial charge in [-0.25, -0.2) is 4.39 Å². The van der Waals surface area contributed by atoms with Crippen LogP contribution < -0.4 is 0 Å². The van der Waals surface area contributed by atoms with Crippen molar-refractivity contribution in [3.8, 4) is 11.8 Å². The number of benzene rings is 1. The molecule has 1 aromatic carbocycles. The van der Waals surface area contributed by atoms with Crippen LogP contribution in [0.5, 0.6) is 0 Å².